The van der Waals surface area contributed by atoms with Crippen LogP contribution < -0.4 is 54.0 Å². The molecule has 23 heteroatoms. The Hall–Kier alpha value is -5.58. The maximum Gasteiger partial charge on any atom is 0.245 e. The van der Waals surface area contributed by atoms with Crippen molar-refractivity contribution in [2.24, 2.45) is 34.2 Å². The number of guanidine groups is 1. The fraction of sp³-hybridized carbons (Fsp3) is 0.756. The van der Waals surface area contributed by atoms with Crippen molar-refractivity contribution in [2.45, 2.75) is 149 Å². The highest BCUT2D eigenvalue weighted by Crippen LogP contribution is 2.20. The third-order valence-corrected chi connectivity index (χ3v) is 11.0. The van der Waals surface area contributed by atoms with Crippen LogP contribution in [-0.4, -0.2) is 155 Å². The van der Waals surface area contributed by atoms with Crippen molar-refractivity contribution in [3.05, 3.63) is 0 Å². The van der Waals surface area contributed by atoms with E-state index in [4.69, 9.17) is 11.5 Å². The largest absolute Gasteiger partial charge is 0.394 e. The molecule has 1 aliphatic heterocycles. The van der Waals surface area contributed by atoms with Gasteiger partial charge in [-0.25, -0.2) is 0 Å². The molecular weight excluding hydrogens is 837 g/mol. The highest BCUT2D eigenvalue weighted by Gasteiger charge is 2.40. The zero-order valence-electron chi connectivity index (χ0n) is 38.7. The number of nitrogens with one attached hydrogen (secondary N) is 8. The van der Waals surface area contributed by atoms with Gasteiger partial charge < -0.3 is 69.1 Å². The van der Waals surface area contributed by atoms with E-state index in [9.17, 15) is 53.4 Å². The summed E-state index contributed by atoms with van der Waals surface area (Å²) in [5, 5.41) is 41.2. The molecule has 1 heterocycles. The molecule has 23 nitrogen and oxygen atoms in total. The van der Waals surface area contributed by atoms with Crippen LogP contribution >= 0.6 is 0 Å². The number of rotatable bonds is 27. The number of likely N-dealkylation sites (N-methyl/N-ethyl adjacent to an activating group) is 1. The van der Waals surface area contributed by atoms with Crippen molar-refractivity contribution < 1.29 is 53.4 Å². The molecule has 1 rings (SSSR count). The molecule has 64 heavy (non-hydrogen) atoms. The molecule has 9 amide bonds. The number of aliphatic hydroxyl groups is 2. The lowest BCUT2D eigenvalue weighted by Crippen LogP contribution is -2.63. The third-order valence-electron chi connectivity index (χ3n) is 11.0. The number of amides is 9. The van der Waals surface area contributed by atoms with Gasteiger partial charge in [0.05, 0.1) is 19.3 Å². The van der Waals surface area contributed by atoms with E-state index in [1.54, 1.807) is 48.5 Å². The number of nitrogens with two attached hydrogens (primary N) is 2. The van der Waals surface area contributed by atoms with Crippen LogP contribution in [-0.2, 0) is 43.2 Å². The zero-order valence-corrected chi connectivity index (χ0v) is 38.7. The van der Waals surface area contributed by atoms with Gasteiger partial charge in [0, 0.05) is 26.6 Å². The van der Waals surface area contributed by atoms with Crippen molar-refractivity contribution in [2.75, 3.05) is 32.8 Å². The number of aliphatic imine (C=N–C) groups is 1. The number of hydrogen-bond acceptors (Lipinski definition) is 12. The maximum atomic E-state index is 14.0. The summed E-state index contributed by atoms with van der Waals surface area (Å²) in [7, 11) is 0. The van der Waals surface area contributed by atoms with Gasteiger partial charge in [-0.05, 0) is 57.3 Å². The van der Waals surface area contributed by atoms with Crippen LogP contribution in [0.4, 0.5) is 0 Å². The zero-order chi connectivity index (χ0) is 48.8. The Bertz CT molecular complexity index is 1640. The van der Waals surface area contributed by atoms with Gasteiger partial charge >= 0.3 is 0 Å². The Kier molecular flexibility index (Phi) is 24.9. The Labute approximate surface area is 375 Å². The molecule has 0 aromatic rings. The highest BCUT2D eigenvalue weighted by atomic mass is 16.3. The number of hydrogen-bond donors (Lipinski definition) is 12. The summed E-state index contributed by atoms with van der Waals surface area (Å²) in [6.07, 6.45) is 0.542. The SMILES string of the molecule is CCNC(=O)[C@@H]1CCCN1C(=O)[C@H](CCCN=C(N)N)NC(=O)[C@@H](NC(=O)[C@@H](NC(=O)[C@H](CO)NC(=O)[C@H](NC(=O)[C@@H](NC(=O)CNC(C)=O)C(C)C)[C@H](C)CC)[C@@H](C)O)[C@@H](C)CC. The van der Waals surface area contributed by atoms with Crippen LogP contribution in [0.5, 0.6) is 0 Å². The molecule has 1 aliphatic rings. The molecule has 0 aromatic carbocycles. The monoisotopic (exact) mass is 911 g/mol. The topological polar surface area (TPSA) is 358 Å². The number of carbonyl (C=O) groups is 9. The molecule has 0 spiro atoms. The molecule has 0 aromatic heterocycles. The molecule has 0 unspecified atom stereocenters. The van der Waals surface area contributed by atoms with Gasteiger partial charge in [0.15, 0.2) is 5.96 Å². The first-order valence-corrected chi connectivity index (χ1v) is 22.0. The second kappa shape index (κ2) is 28.3. The summed E-state index contributed by atoms with van der Waals surface area (Å²) in [5.74, 6) is -8.00. The number of likely N-dealkylation sites (tertiary alicyclic amines) is 1. The molecule has 0 bridgehead atoms. The average molecular weight is 911 g/mol. The first-order valence-electron chi connectivity index (χ1n) is 22.0. The molecule has 1 fully saturated rings. The third kappa shape index (κ3) is 18.3. The van der Waals surface area contributed by atoms with E-state index in [-0.39, 0.29) is 44.3 Å². The van der Waals surface area contributed by atoms with E-state index < -0.39 is 120 Å². The van der Waals surface area contributed by atoms with Crippen molar-refractivity contribution in [3.8, 4) is 0 Å². The molecule has 0 radical (unpaired) electrons. The standard InChI is InChI=1S/C41H74N12O11/c1-10-22(6)31(37(61)47-26(15-13-17-45-41(42)43)40(64)53-18-14-16-28(53)35(59)44-12-3)51-39(63)33(24(8)55)52-34(58)27(20-54)48-38(62)32(23(7)11-2)50-36(60)30(21(4)5)49-29(57)19-46-25(9)56/h21-24,26-28,30-33,54-55H,10-20H2,1-9H3,(H,44,59)(H,46,56)(H,47,61)(H,48,62)(H,49,57)(H,50,60)(H,51,63)(H,52,58)(H4,42,43,45)/t22-,23+,24+,26-,27-,28-,30-,31-,32+,33-/m0/s1. The number of aliphatic hydroxyl groups excluding tert-OH is 2. The van der Waals surface area contributed by atoms with Crippen LogP contribution in [0.1, 0.15) is 101 Å². The summed E-state index contributed by atoms with van der Waals surface area (Å²) in [4.78, 5) is 124. The Morgan fingerprint density at radius 1 is 0.703 bits per heavy atom. The lowest BCUT2D eigenvalue weighted by molar-refractivity contribution is -0.142. The Morgan fingerprint density at radius 2 is 1.22 bits per heavy atom. The minimum atomic E-state index is -1.71. The molecule has 14 N–H and O–H groups in total. The fourth-order valence-corrected chi connectivity index (χ4v) is 6.79. The van der Waals surface area contributed by atoms with Crippen LogP contribution in [0.15, 0.2) is 4.99 Å². The van der Waals surface area contributed by atoms with Crippen LogP contribution in [0, 0.1) is 17.8 Å². The van der Waals surface area contributed by atoms with Gasteiger partial charge in [0.25, 0.3) is 0 Å². The van der Waals surface area contributed by atoms with Crippen molar-refractivity contribution >= 4 is 59.1 Å². The summed E-state index contributed by atoms with van der Waals surface area (Å²) < 4.78 is 0. The molecule has 10 atom stereocenters. The van der Waals surface area contributed by atoms with E-state index in [2.05, 4.69) is 47.5 Å². The van der Waals surface area contributed by atoms with Gasteiger partial charge in [0.1, 0.15) is 42.3 Å². The van der Waals surface area contributed by atoms with Crippen LogP contribution in [0.25, 0.3) is 0 Å². The van der Waals surface area contributed by atoms with Crippen molar-refractivity contribution in [3.63, 3.8) is 0 Å². The predicted octanol–water partition coefficient (Wildman–Crippen LogP) is -3.67. The predicted molar refractivity (Wildman–Crippen MR) is 236 cm³/mol. The minimum absolute atomic E-state index is 0.0815. The second-order valence-corrected chi connectivity index (χ2v) is 16.5. The summed E-state index contributed by atoms with van der Waals surface area (Å²) in [6.45, 7) is 13.8. The van der Waals surface area contributed by atoms with Gasteiger partial charge in [-0.2, -0.15) is 0 Å². The summed E-state index contributed by atoms with van der Waals surface area (Å²) in [6, 6.07) is -8.94. The van der Waals surface area contributed by atoms with Gasteiger partial charge in [-0.15, -0.1) is 0 Å². The van der Waals surface area contributed by atoms with Gasteiger partial charge in [-0.3, -0.25) is 48.1 Å². The first kappa shape index (κ1) is 56.4. The van der Waals surface area contributed by atoms with E-state index in [1.807, 2.05) is 0 Å². The first-order chi connectivity index (χ1) is 30.0. The maximum absolute atomic E-state index is 14.0. The molecule has 0 saturated carbocycles. The molecule has 0 aliphatic carbocycles. The van der Waals surface area contributed by atoms with Crippen molar-refractivity contribution in [1.29, 1.82) is 0 Å². The quantitative estimate of drug-likeness (QED) is 0.0215. The van der Waals surface area contributed by atoms with E-state index >= 15 is 0 Å². The Balaban J connectivity index is 3.29. The summed E-state index contributed by atoms with van der Waals surface area (Å²) in [5.41, 5.74) is 10.9. The fourth-order valence-electron chi connectivity index (χ4n) is 6.79. The number of nitrogens with zero attached hydrogens (tertiary/aromatic N) is 2. The lowest BCUT2D eigenvalue weighted by atomic mass is 9.96. The molecular formula is C41H74N12O11. The van der Waals surface area contributed by atoms with E-state index in [0.717, 1.165) is 0 Å². The van der Waals surface area contributed by atoms with Gasteiger partial charge in [-0.1, -0.05) is 54.4 Å². The highest BCUT2D eigenvalue weighted by molar-refractivity contribution is 5.98. The van der Waals surface area contributed by atoms with Gasteiger partial charge in [0.2, 0.25) is 53.2 Å². The average Bonchev–Trinajstić information content (AvgIpc) is 3.74. The van der Waals surface area contributed by atoms with E-state index in [0.29, 0.717) is 32.2 Å². The van der Waals surface area contributed by atoms with Crippen LogP contribution in [0.2, 0.25) is 0 Å². The second-order valence-electron chi connectivity index (χ2n) is 16.5. The number of carbonyl (C=O) groups excluding carboxylic acids is 9. The molecule has 364 valence electrons. The van der Waals surface area contributed by atoms with E-state index in [1.165, 1.54) is 18.7 Å². The normalized spacial score (nSPS) is 17.7. The Morgan fingerprint density at radius 3 is 1.69 bits per heavy atom. The molecule has 1 saturated heterocycles. The minimum Gasteiger partial charge on any atom is -0.394 e. The van der Waals surface area contributed by atoms with Crippen molar-refractivity contribution in [1.82, 2.24) is 47.4 Å². The van der Waals surface area contributed by atoms with Crippen LogP contribution in [0.3, 0.4) is 0 Å². The smallest absolute Gasteiger partial charge is 0.245 e. The lowest BCUT2D eigenvalue weighted by Gasteiger charge is -2.32. The summed E-state index contributed by atoms with van der Waals surface area (Å²) >= 11 is 0.